The number of nitrogens with two attached hydrogens (primary N) is 1. The van der Waals surface area contributed by atoms with Crippen LogP contribution in [0.5, 0.6) is 0 Å². The van der Waals surface area contributed by atoms with Crippen molar-refractivity contribution < 1.29 is 27.9 Å². The Bertz CT molecular complexity index is 1390. The zero-order valence-corrected chi connectivity index (χ0v) is 18.7. The largest absolute Gasteiger partial charge is 0.477 e. The summed E-state index contributed by atoms with van der Waals surface area (Å²) in [6, 6.07) is 3.54. The van der Waals surface area contributed by atoms with Crippen molar-refractivity contribution >= 4 is 28.5 Å². The van der Waals surface area contributed by atoms with Gasteiger partial charge in [0.2, 0.25) is 5.43 Å². The molecule has 35 heavy (non-hydrogen) atoms. The monoisotopic (exact) mass is 489 g/mol. The summed E-state index contributed by atoms with van der Waals surface area (Å²) in [5, 5.41) is 13.2. The first-order valence-corrected chi connectivity index (χ1v) is 10.8. The van der Waals surface area contributed by atoms with E-state index in [1.54, 1.807) is 11.8 Å². The predicted octanol–water partition coefficient (Wildman–Crippen LogP) is 2.68. The number of halogens is 3. The normalized spacial score (nSPS) is 17.2. The lowest BCUT2D eigenvalue weighted by molar-refractivity contribution is 0.0695. The molecule has 3 heterocycles. The quantitative estimate of drug-likeness (QED) is 0.511. The fraction of sp³-hybridized carbons (Fsp3) is 0.304. The molecule has 1 atom stereocenters. The van der Waals surface area contributed by atoms with Crippen molar-refractivity contribution in [3.05, 3.63) is 63.7 Å². The van der Waals surface area contributed by atoms with Crippen LogP contribution in [0, 0.1) is 23.4 Å². The molecule has 0 spiro atoms. The second-order valence-electron chi connectivity index (χ2n) is 7.94. The van der Waals surface area contributed by atoms with E-state index in [-0.39, 0.29) is 41.5 Å². The fourth-order valence-electron chi connectivity index (χ4n) is 4.04. The number of carbonyl (C=O) groups is 1. The van der Waals surface area contributed by atoms with Crippen LogP contribution in [0.15, 0.2) is 40.4 Å². The van der Waals surface area contributed by atoms with Gasteiger partial charge in [0, 0.05) is 44.2 Å². The number of hydrogen-bond acceptors (Lipinski definition) is 7. The number of anilines is 1. The molecular weight excluding hydrogens is 467 g/mol. The van der Waals surface area contributed by atoms with Crippen molar-refractivity contribution in [2.24, 2.45) is 16.8 Å². The molecule has 3 aromatic rings. The van der Waals surface area contributed by atoms with Gasteiger partial charge in [-0.05, 0) is 25.1 Å². The molecule has 0 aliphatic carbocycles. The van der Waals surface area contributed by atoms with E-state index in [1.165, 1.54) is 0 Å². The minimum atomic E-state index is -1.58. The number of nitrogens with zero attached hydrogens (tertiary/aromatic N) is 4. The molecule has 0 radical (unpaired) electrons. The van der Waals surface area contributed by atoms with Crippen LogP contribution >= 0.6 is 0 Å². The van der Waals surface area contributed by atoms with Crippen LogP contribution in [-0.2, 0) is 4.84 Å². The van der Waals surface area contributed by atoms with Crippen molar-refractivity contribution in [2.45, 2.75) is 13.3 Å². The van der Waals surface area contributed by atoms with E-state index >= 15 is 4.39 Å². The van der Waals surface area contributed by atoms with Crippen LogP contribution in [0.3, 0.4) is 0 Å². The maximum Gasteiger partial charge on any atom is 0.341 e. The zero-order chi connectivity index (χ0) is 25.3. The molecule has 1 aliphatic heterocycles. The van der Waals surface area contributed by atoms with Gasteiger partial charge in [0.25, 0.3) is 0 Å². The minimum absolute atomic E-state index is 0.120. The Morgan fingerprint density at radius 2 is 2.06 bits per heavy atom. The van der Waals surface area contributed by atoms with Gasteiger partial charge >= 0.3 is 5.97 Å². The van der Waals surface area contributed by atoms with Crippen LogP contribution in [0.2, 0.25) is 0 Å². The van der Waals surface area contributed by atoms with Crippen LogP contribution in [-0.4, -0.2) is 52.6 Å². The van der Waals surface area contributed by atoms with E-state index in [1.807, 2.05) is 0 Å². The standard InChI is InChI=1S/C23H22F3N5O4/c1-2-35-29-18-5-6-30(10-12(18)9-27)22-17(26)8-14-20(32)15(23(33)34)11-31(21(14)28-22)19-4-3-13(24)7-16(19)25/h3-4,7-8,11-12H,2,5-6,9-10,27H2,1H3,(H,33,34)/b29-18+. The van der Waals surface area contributed by atoms with E-state index in [0.29, 0.717) is 25.6 Å². The Morgan fingerprint density at radius 3 is 2.71 bits per heavy atom. The van der Waals surface area contributed by atoms with Crippen LogP contribution in [0.1, 0.15) is 23.7 Å². The molecule has 12 heteroatoms. The summed E-state index contributed by atoms with van der Waals surface area (Å²) in [6.07, 6.45) is 1.32. The smallest absolute Gasteiger partial charge is 0.341 e. The molecule has 9 nitrogen and oxygen atoms in total. The Kier molecular flexibility index (Phi) is 6.74. The molecule has 184 valence electrons. The van der Waals surface area contributed by atoms with Gasteiger partial charge in [0.1, 0.15) is 23.8 Å². The van der Waals surface area contributed by atoms with Crippen molar-refractivity contribution in [2.75, 3.05) is 31.1 Å². The van der Waals surface area contributed by atoms with Crippen molar-refractivity contribution in [3.8, 4) is 5.69 Å². The number of carboxylic acid groups (broad SMARTS) is 1. The van der Waals surface area contributed by atoms with E-state index in [2.05, 4.69) is 10.1 Å². The maximum absolute atomic E-state index is 15.2. The van der Waals surface area contributed by atoms with Crippen LogP contribution < -0.4 is 16.1 Å². The highest BCUT2D eigenvalue weighted by atomic mass is 19.1. The average Bonchev–Trinajstić information content (AvgIpc) is 2.83. The molecule has 1 saturated heterocycles. The van der Waals surface area contributed by atoms with Crippen molar-refractivity contribution in [1.29, 1.82) is 0 Å². The van der Waals surface area contributed by atoms with Gasteiger partial charge in [0.05, 0.1) is 16.8 Å². The third-order valence-corrected chi connectivity index (χ3v) is 5.76. The van der Waals surface area contributed by atoms with Gasteiger partial charge in [-0.1, -0.05) is 5.16 Å². The summed E-state index contributed by atoms with van der Waals surface area (Å²) in [5.41, 5.74) is 4.49. The third kappa shape index (κ3) is 4.56. The molecule has 0 saturated carbocycles. The lowest BCUT2D eigenvalue weighted by Gasteiger charge is -2.34. The first kappa shape index (κ1) is 24.2. The SMILES string of the molecule is CCO/N=C1\CCN(c2nc3c(cc2F)c(=O)c(C(=O)O)cn3-c2ccc(F)cc2F)CC1CN. The lowest BCUT2D eigenvalue weighted by atomic mass is 9.95. The Balaban J connectivity index is 1.89. The molecular formula is C23H22F3N5O4. The second-order valence-corrected chi connectivity index (χ2v) is 7.94. The highest BCUT2D eigenvalue weighted by Crippen LogP contribution is 2.27. The van der Waals surface area contributed by atoms with Gasteiger partial charge in [-0.3, -0.25) is 9.36 Å². The number of aromatic carboxylic acids is 1. The van der Waals surface area contributed by atoms with Gasteiger partial charge in [0.15, 0.2) is 17.3 Å². The Hall–Kier alpha value is -3.93. The summed E-state index contributed by atoms with van der Waals surface area (Å²) < 4.78 is 44.3. The number of pyridine rings is 2. The first-order valence-electron chi connectivity index (χ1n) is 10.8. The highest BCUT2D eigenvalue weighted by molar-refractivity contribution is 5.93. The lowest BCUT2D eigenvalue weighted by Crippen LogP contribution is -2.44. The summed E-state index contributed by atoms with van der Waals surface area (Å²) >= 11 is 0. The van der Waals surface area contributed by atoms with Crippen LogP contribution in [0.25, 0.3) is 16.7 Å². The molecule has 2 aromatic heterocycles. The predicted molar refractivity (Wildman–Crippen MR) is 123 cm³/mol. The molecule has 4 rings (SSSR count). The summed E-state index contributed by atoms with van der Waals surface area (Å²) in [4.78, 5) is 35.5. The molecule has 0 amide bonds. The molecule has 1 aliphatic rings. The van der Waals surface area contributed by atoms with Gasteiger partial charge < -0.3 is 20.6 Å². The van der Waals surface area contributed by atoms with E-state index in [0.717, 1.165) is 34.7 Å². The number of oxime groups is 1. The summed E-state index contributed by atoms with van der Waals surface area (Å²) in [7, 11) is 0. The molecule has 3 N–H and O–H groups in total. The van der Waals surface area contributed by atoms with E-state index in [9.17, 15) is 23.5 Å². The Morgan fingerprint density at radius 1 is 1.29 bits per heavy atom. The number of fused-ring (bicyclic) bond motifs is 1. The second kappa shape index (κ2) is 9.74. The third-order valence-electron chi connectivity index (χ3n) is 5.76. The maximum atomic E-state index is 15.2. The zero-order valence-electron chi connectivity index (χ0n) is 18.7. The summed E-state index contributed by atoms with van der Waals surface area (Å²) in [6.45, 7) is 3.00. The van der Waals surface area contributed by atoms with E-state index < -0.39 is 34.4 Å². The number of hydrogen-bond donors (Lipinski definition) is 2. The van der Waals surface area contributed by atoms with Gasteiger partial charge in [-0.2, -0.15) is 0 Å². The molecule has 1 unspecified atom stereocenters. The molecule has 1 fully saturated rings. The number of aromatic nitrogens is 2. The number of rotatable bonds is 6. The Labute approximate surface area is 197 Å². The first-order chi connectivity index (χ1) is 16.7. The molecule has 0 bridgehead atoms. The van der Waals surface area contributed by atoms with Crippen molar-refractivity contribution in [1.82, 2.24) is 9.55 Å². The van der Waals surface area contributed by atoms with Gasteiger partial charge in [-0.15, -0.1) is 0 Å². The van der Waals surface area contributed by atoms with Crippen LogP contribution in [0.4, 0.5) is 19.0 Å². The molecule has 1 aromatic carbocycles. The topological polar surface area (TPSA) is 123 Å². The minimum Gasteiger partial charge on any atom is -0.477 e. The number of carboxylic acids is 1. The summed E-state index contributed by atoms with van der Waals surface area (Å²) in [5.74, 6) is -4.66. The fourth-order valence-corrected chi connectivity index (χ4v) is 4.04. The average molecular weight is 489 g/mol. The highest BCUT2D eigenvalue weighted by Gasteiger charge is 2.29. The number of benzene rings is 1. The van der Waals surface area contributed by atoms with E-state index in [4.69, 9.17) is 10.6 Å². The van der Waals surface area contributed by atoms with Gasteiger partial charge in [-0.25, -0.2) is 22.9 Å². The van der Waals surface area contributed by atoms with Crippen molar-refractivity contribution in [3.63, 3.8) is 0 Å². The number of piperidine rings is 1.